The van der Waals surface area contributed by atoms with E-state index in [4.69, 9.17) is 0 Å². The van der Waals surface area contributed by atoms with E-state index in [1.54, 1.807) is 0 Å². The van der Waals surface area contributed by atoms with E-state index in [1.165, 1.54) is 12.4 Å². The van der Waals surface area contributed by atoms with Crippen molar-refractivity contribution >= 4 is 43.5 Å². The van der Waals surface area contributed by atoms with E-state index in [2.05, 4.69) is 47.1 Å². The molecule has 3 nitrogen and oxygen atoms in total. The Morgan fingerprint density at radius 2 is 1.65 bits per heavy atom. The van der Waals surface area contributed by atoms with E-state index in [0.29, 0.717) is 4.47 Å². The molecule has 1 N–H and O–H groups in total. The van der Waals surface area contributed by atoms with Gasteiger partial charge in [0, 0.05) is 18.5 Å². The number of nitrogens with one attached hydrogen (secondary N) is 1. The van der Waals surface area contributed by atoms with Gasteiger partial charge in [0.05, 0.1) is 14.6 Å². The van der Waals surface area contributed by atoms with Crippen LogP contribution in [0.25, 0.3) is 0 Å². The van der Waals surface area contributed by atoms with Crippen LogP contribution in [0.2, 0.25) is 0 Å². The molecule has 1 aromatic carbocycles. The highest BCUT2D eigenvalue weighted by atomic mass is 79.9. The number of nitrogens with zero attached hydrogens (tertiary/aromatic N) is 2. The lowest BCUT2D eigenvalue weighted by Crippen LogP contribution is -1.99. The van der Waals surface area contributed by atoms with Gasteiger partial charge in [-0.1, -0.05) is 0 Å². The standard InChI is InChI=1S/C10H5Br2F2N3/c11-5-3-15-10(16-4-5)17-9-2-7(13)6(12)1-8(9)14/h1-4H,(H,15,16,17). The largest absolute Gasteiger partial charge is 0.322 e. The van der Waals surface area contributed by atoms with Crippen molar-refractivity contribution in [2.24, 2.45) is 0 Å². The van der Waals surface area contributed by atoms with Gasteiger partial charge in [-0.05, 0) is 37.9 Å². The molecule has 1 heterocycles. The molecule has 88 valence electrons. The Morgan fingerprint density at radius 1 is 1.00 bits per heavy atom. The van der Waals surface area contributed by atoms with Crippen molar-refractivity contribution in [3.05, 3.63) is 45.1 Å². The summed E-state index contributed by atoms with van der Waals surface area (Å²) in [7, 11) is 0. The second-order valence-electron chi connectivity index (χ2n) is 3.10. The van der Waals surface area contributed by atoms with E-state index in [9.17, 15) is 8.78 Å². The minimum atomic E-state index is -0.593. The molecule has 0 atom stereocenters. The van der Waals surface area contributed by atoms with Gasteiger partial charge in [-0.3, -0.25) is 0 Å². The van der Waals surface area contributed by atoms with Crippen LogP contribution in [0.15, 0.2) is 33.5 Å². The zero-order chi connectivity index (χ0) is 12.4. The SMILES string of the molecule is Fc1cc(Nc2ncc(Br)cn2)c(F)cc1Br. The molecule has 2 rings (SSSR count). The molecular weight excluding hydrogens is 360 g/mol. The van der Waals surface area contributed by atoms with Crippen molar-refractivity contribution in [3.8, 4) is 0 Å². The lowest BCUT2D eigenvalue weighted by atomic mass is 10.3. The number of aromatic nitrogens is 2. The number of rotatable bonds is 2. The highest BCUT2D eigenvalue weighted by molar-refractivity contribution is 9.10. The topological polar surface area (TPSA) is 37.8 Å². The molecule has 0 amide bonds. The third-order valence-corrected chi connectivity index (χ3v) is 2.89. The van der Waals surface area contributed by atoms with Gasteiger partial charge in [0.2, 0.25) is 5.95 Å². The van der Waals surface area contributed by atoms with E-state index in [1.807, 2.05) is 0 Å². The summed E-state index contributed by atoms with van der Waals surface area (Å²) in [6.45, 7) is 0. The fourth-order valence-corrected chi connectivity index (χ4v) is 1.64. The van der Waals surface area contributed by atoms with Crippen LogP contribution in [0.3, 0.4) is 0 Å². The van der Waals surface area contributed by atoms with E-state index < -0.39 is 11.6 Å². The summed E-state index contributed by atoms with van der Waals surface area (Å²) in [5.74, 6) is -0.968. The first-order valence-electron chi connectivity index (χ1n) is 4.45. The molecule has 0 aliphatic carbocycles. The maximum atomic E-state index is 13.5. The van der Waals surface area contributed by atoms with Gasteiger partial charge < -0.3 is 5.32 Å². The first-order chi connectivity index (χ1) is 8.06. The Labute approximate surface area is 113 Å². The van der Waals surface area contributed by atoms with Crippen molar-refractivity contribution in [3.63, 3.8) is 0 Å². The van der Waals surface area contributed by atoms with Gasteiger partial charge in [-0.2, -0.15) is 0 Å². The van der Waals surface area contributed by atoms with Crippen molar-refractivity contribution in [2.45, 2.75) is 0 Å². The maximum Gasteiger partial charge on any atom is 0.227 e. The van der Waals surface area contributed by atoms with Crippen LogP contribution in [-0.4, -0.2) is 9.97 Å². The van der Waals surface area contributed by atoms with Crippen molar-refractivity contribution in [2.75, 3.05) is 5.32 Å². The fraction of sp³-hybridized carbons (Fsp3) is 0. The van der Waals surface area contributed by atoms with Crippen LogP contribution < -0.4 is 5.32 Å². The average Bonchev–Trinajstić information content (AvgIpc) is 2.29. The second kappa shape index (κ2) is 5.05. The summed E-state index contributed by atoms with van der Waals surface area (Å²) < 4.78 is 27.5. The molecule has 0 spiro atoms. The Morgan fingerprint density at radius 3 is 2.29 bits per heavy atom. The first kappa shape index (κ1) is 12.4. The number of hydrogen-bond acceptors (Lipinski definition) is 3. The molecule has 0 saturated carbocycles. The molecule has 0 radical (unpaired) electrons. The average molecular weight is 365 g/mol. The lowest BCUT2D eigenvalue weighted by Gasteiger charge is -2.06. The van der Waals surface area contributed by atoms with Gasteiger partial charge in [-0.25, -0.2) is 18.7 Å². The van der Waals surface area contributed by atoms with E-state index in [-0.39, 0.29) is 16.1 Å². The third kappa shape index (κ3) is 2.98. The van der Waals surface area contributed by atoms with Crippen LogP contribution in [0.1, 0.15) is 0 Å². The zero-order valence-corrected chi connectivity index (χ0v) is 11.4. The number of halogens is 4. The summed E-state index contributed by atoms with van der Waals surface area (Å²) in [5, 5.41) is 2.59. The van der Waals surface area contributed by atoms with Gasteiger partial charge >= 0.3 is 0 Å². The minimum Gasteiger partial charge on any atom is -0.322 e. The fourth-order valence-electron chi connectivity index (χ4n) is 1.12. The van der Waals surface area contributed by atoms with Crippen LogP contribution in [-0.2, 0) is 0 Å². The summed E-state index contributed by atoms with van der Waals surface area (Å²) in [6.07, 6.45) is 3.00. The normalized spacial score (nSPS) is 10.4. The first-order valence-corrected chi connectivity index (χ1v) is 6.04. The lowest BCUT2D eigenvalue weighted by molar-refractivity contribution is 0.597. The minimum absolute atomic E-state index is 0.0203. The highest BCUT2D eigenvalue weighted by Crippen LogP contribution is 2.25. The Balaban J connectivity index is 2.30. The molecule has 0 fully saturated rings. The van der Waals surface area contributed by atoms with Gasteiger partial charge in [0.15, 0.2) is 0 Å². The number of hydrogen-bond donors (Lipinski definition) is 1. The van der Waals surface area contributed by atoms with E-state index in [0.717, 1.165) is 12.1 Å². The number of anilines is 2. The van der Waals surface area contributed by atoms with Gasteiger partial charge in [-0.15, -0.1) is 0 Å². The maximum absolute atomic E-state index is 13.5. The van der Waals surface area contributed by atoms with Crippen LogP contribution >= 0.6 is 31.9 Å². The molecular formula is C10H5Br2F2N3. The van der Waals surface area contributed by atoms with Crippen LogP contribution in [0.4, 0.5) is 20.4 Å². The molecule has 0 aliphatic heterocycles. The highest BCUT2D eigenvalue weighted by Gasteiger charge is 2.09. The predicted molar refractivity (Wildman–Crippen MR) is 67.1 cm³/mol. The van der Waals surface area contributed by atoms with Crippen molar-refractivity contribution in [1.82, 2.24) is 9.97 Å². The molecule has 7 heteroatoms. The molecule has 17 heavy (non-hydrogen) atoms. The van der Waals surface area contributed by atoms with Crippen molar-refractivity contribution < 1.29 is 8.78 Å². The smallest absolute Gasteiger partial charge is 0.227 e. The van der Waals surface area contributed by atoms with Gasteiger partial charge in [0.25, 0.3) is 0 Å². The summed E-state index contributed by atoms with van der Waals surface area (Å²) in [4.78, 5) is 7.79. The van der Waals surface area contributed by atoms with Crippen LogP contribution in [0.5, 0.6) is 0 Å². The predicted octanol–water partition coefficient (Wildman–Crippen LogP) is 4.02. The Hall–Kier alpha value is -1.08. The zero-order valence-electron chi connectivity index (χ0n) is 8.22. The Bertz CT molecular complexity index is 546. The Kier molecular flexibility index (Phi) is 3.68. The second-order valence-corrected chi connectivity index (χ2v) is 4.87. The molecule has 0 unspecified atom stereocenters. The molecule has 1 aromatic heterocycles. The quantitative estimate of drug-likeness (QED) is 0.818. The molecule has 0 bridgehead atoms. The third-order valence-electron chi connectivity index (χ3n) is 1.88. The number of benzene rings is 1. The molecule has 2 aromatic rings. The summed E-state index contributed by atoms with van der Waals surface area (Å²) >= 11 is 6.07. The monoisotopic (exact) mass is 363 g/mol. The van der Waals surface area contributed by atoms with Crippen LogP contribution in [0, 0.1) is 11.6 Å². The van der Waals surface area contributed by atoms with E-state index >= 15 is 0 Å². The molecule has 0 aliphatic rings. The van der Waals surface area contributed by atoms with Crippen molar-refractivity contribution in [1.29, 1.82) is 0 Å². The summed E-state index contributed by atoms with van der Waals surface area (Å²) in [5.41, 5.74) is -0.0203. The molecule has 0 saturated heterocycles. The summed E-state index contributed by atoms with van der Waals surface area (Å²) in [6, 6.07) is 2.07. The van der Waals surface area contributed by atoms with Gasteiger partial charge in [0.1, 0.15) is 11.6 Å².